The first-order valence-electron chi connectivity index (χ1n) is 7.62. The van der Waals surface area contributed by atoms with Crippen LogP contribution in [-0.4, -0.2) is 20.7 Å². The van der Waals surface area contributed by atoms with Crippen LogP contribution in [0.15, 0.2) is 47.4 Å². The lowest BCUT2D eigenvalue weighted by molar-refractivity contribution is 0.0994. The van der Waals surface area contributed by atoms with E-state index in [1.807, 2.05) is 0 Å². The van der Waals surface area contributed by atoms with Gasteiger partial charge in [0.25, 0.3) is 11.5 Å². The van der Waals surface area contributed by atoms with Crippen LogP contribution < -0.4 is 11.3 Å². The van der Waals surface area contributed by atoms with Gasteiger partial charge in [0.05, 0.1) is 5.69 Å². The highest BCUT2D eigenvalue weighted by Crippen LogP contribution is 2.21. The van der Waals surface area contributed by atoms with Gasteiger partial charge in [0.2, 0.25) is 0 Å². The first kappa shape index (κ1) is 17.8. The summed E-state index contributed by atoms with van der Waals surface area (Å²) in [6, 6.07) is 9.00. The summed E-state index contributed by atoms with van der Waals surface area (Å²) >= 11 is 5.86. The zero-order chi connectivity index (χ0) is 18.8. The molecule has 8 heteroatoms. The molecule has 1 aromatic carbocycles. The number of aromatic nitrogens is 3. The molecular formula is C18H14ClFN4O2. The molecule has 0 spiro atoms. The summed E-state index contributed by atoms with van der Waals surface area (Å²) in [4.78, 5) is 27.7. The van der Waals surface area contributed by atoms with Crippen molar-refractivity contribution in [1.29, 1.82) is 0 Å². The molecule has 6 nitrogen and oxygen atoms in total. The van der Waals surface area contributed by atoms with Gasteiger partial charge in [-0.15, -0.1) is 0 Å². The lowest BCUT2D eigenvalue weighted by atomic mass is 10.0. The number of amides is 1. The SMILES string of the molecule is Cn1nc(C(N)=O)c(-c2ccc(Cc3cc(F)cc(Cl)c3)cn2)cc1=O. The molecule has 132 valence electrons. The van der Waals surface area contributed by atoms with Crippen molar-refractivity contribution in [3.05, 3.63) is 80.6 Å². The van der Waals surface area contributed by atoms with E-state index in [4.69, 9.17) is 17.3 Å². The largest absolute Gasteiger partial charge is 0.364 e. The summed E-state index contributed by atoms with van der Waals surface area (Å²) in [5, 5.41) is 4.21. The minimum absolute atomic E-state index is 0.0377. The first-order chi connectivity index (χ1) is 12.3. The Labute approximate surface area is 153 Å². The molecule has 2 aromatic heterocycles. The molecule has 0 aliphatic rings. The molecule has 0 aliphatic heterocycles. The van der Waals surface area contributed by atoms with Crippen molar-refractivity contribution >= 4 is 17.5 Å². The normalized spacial score (nSPS) is 10.7. The molecule has 0 bridgehead atoms. The minimum Gasteiger partial charge on any atom is -0.364 e. The molecule has 0 unspecified atom stereocenters. The molecule has 3 rings (SSSR count). The number of aryl methyl sites for hydroxylation is 1. The van der Waals surface area contributed by atoms with Crippen molar-refractivity contribution in [2.45, 2.75) is 6.42 Å². The molecular weight excluding hydrogens is 359 g/mol. The number of carbonyl (C=O) groups excluding carboxylic acids is 1. The smallest absolute Gasteiger partial charge is 0.269 e. The second kappa shape index (κ2) is 7.05. The van der Waals surface area contributed by atoms with Gasteiger partial charge in [-0.25, -0.2) is 9.07 Å². The molecule has 2 N–H and O–H groups in total. The predicted molar refractivity (Wildman–Crippen MR) is 95.4 cm³/mol. The Morgan fingerprint density at radius 1 is 1.23 bits per heavy atom. The number of benzene rings is 1. The van der Waals surface area contributed by atoms with Crippen molar-refractivity contribution in [2.75, 3.05) is 0 Å². The molecule has 0 aliphatic carbocycles. The number of carbonyl (C=O) groups is 1. The fourth-order valence-corrected chi connectivity index (χ4v) is 2.80. The molecule has 0 fully saturated rings. The Morgan fingerprint density at radius 3 is 2.62 bits per heavy atom. The number of nitrogens with zero attached hydrogens (tertiary/aromatic N) is 3. The van der Waals surface area contributed by atoms with Gasteiger partial charge in [-0.2, -0.15) is 5.10 Å². The van der Waals surface area contributed by atoms with Gasteiger partial charge in [-0.3, -0.25) is 14.6 Å². The van der Waals surface area contributed by atoms with E-state index < -0.39 is 11.7 Å². The van der Waals surface area contributed by atoms with Crippen LogP contribution in [-0.2, 0) is 13.5 Å². The third kappa shape index (κ3) is 3.78. The average Bonchev–Trinajstić information content (AvgIpc) is 2.56. The third-order valence-electron chi connectivity index (χ3n) is 3.76. The number of hydrogen-bond donors (Lipinski definition) is 1. The topological polar surface area (TPSA) is 90.9 Å². The Hall–Kier alpha value is -3.06. The van der Waals surface area contributed by atoms with E-state index in [0.717, 1.165) is 10.2 Å². The van der Waals surface area contributed by atoms with Crippen molar-refractivity contribution in [3.63, 3.8) is 0 Å². The fraction of sp³-hybridized carbons (Fsp3) is 0.111. The molecule has 0 saturated carbocycles. The van der Waals surface area contributed by atoms with Crippen LogP contribution in [0.5, 0.6) is 0 Å². The lowest BCUT2D eigenvalue weighted by Gasteiger charge is -2.08. The number of primary amides is 1. The fourth-order valence-electron chi connectivity index (χ4n) is 2.55. The van der Waals surface area contributed by atoms with Gasteiger partial charge in [-0.05, 0) is 41.8 Å². The van der Waals surface area contributed by atoms with E-state index in [0.29, 0.717) is 22.7 Å². The van der Waals surface area contributed by atoms with Crippen molar-refractivity contribution < 1.29 is 9.18 Å². The van der Waals surface area contributed by atoms with Crippen LogP contribution >= 0.6 is 11.6 Å². The maximum absolute atomic E-state index is 13.4. The average molecular weight is 373 g/mol. The standard InChI is InChI=1S/C18H14ClFN4O2/c1-24-16(25)8-14(17(23-24)18(21)26)15-3-2-10(9-22-15)4-11-5-12(19)7-13(20)6-11/h2-3,5-9H,4H2,1H3,(H2,21,26). The van der Waals surface area contributed by atoms with E-state index in [-0.39, 0.29) is 16.8 Å². The van der Waals surface area contributed by atoms with Gasteiger partial charge in [0.1, 0.15) is 5.82 Å². The summed E-state index contributed by atoms with van der Waals surface area (Å²) in [6.45, 7) is 0. The number of pyridine rings is 1. The van der Waals surface area contributed by atoms with Crippen LogP contribution in [0, 0.1) is 5.82 Å². The highest BCUT2D eigenvalue weighted by molar-refractivity contribution is 6.30. The van der Waals surface area contributed by atoms with E-state index in [1.165, 1.54) is 25.2 Å². The summed E-state index contributed by atoms with van der Waals surface area (Å²) in [5.74, 6) is -1.16. The summed E-state index contributed by atoms with van der Waals surface area (Å²) in [6.07, 6.45) is 2.01. The Kier molecular flexibility index (Phi) is 4.81. The van der Waals surface area contributed by atoms with Gasteiger partial charge in [0, 0.05) is 29.9 Å². The van der Waals surface area contributed by atoms with Crippen LogP contribution in [0.25, 0.3) is 11.3 Å². The second-order valence-electron chi connectivity index (χ2n) is 5.74. The number of halogens is 2. The molecule has 0 saturated heterocycles. The number of rotatable bonds is 4. The number of hydrogen-bond acceptors (Lipinski definition) is 4. The van der Waals surface area contributed by atoms with Crippen molar-refractivity contribution in [2.24, 2.45) is 12.8 Å². The third-order valence-corrected chi connectivity index (χ3v) is 3.97. The van der Waals surface area contributed by atoms with Crippen LogP contribution in [0.1, 0.15) is 21.6 Å². The van der Waals surface area contributed by atoms with Crippen LogP contribution in [0.2, 0.25) is 5.02 Å². The predicted octanol–water partition coefficient (Wildman–Crippen LogP) is 2.32. The van der Waals surface area contributed by atoms with Crippen molar-refractivity contribution in [1.82, 2.24) is 14.8 Å². The van der Waals surface area contributed by atoms with Gasteiger partial charge >= 0.3 is 0 Å². The first-order valence-corrected chi connectivity index (χ1v) is 7.99. The van der Waals surface area contributed by atoms with E-state index >= 15 is 0 Å². The Morgan fingerprint density at radius 2 is 2.00 bits per heavy atom. The number of nitrogens with two attached hydrogens (primary N) is 1. The molecule has 3 aromatic rings. The summed E-state index contributed by atoms with van der Waals surface area (Å²) < 4.78 is 14.5. The van der Waals surface area contributed by atoms with E-state index in [2.05, 4.69) is 10.1 Å². The lowest BCUT2D eigenvalue weighted by Crippen LogP contribution is -2.25. The van der Waals surface area contributed by atoms with Gasteiger partial charge < -0.3 is 5.73 Å². The van der Waals surface area contributed by atoms with Crippen LogP contribution in [0.4, 0.5) is 4.39 Å². The molecule has 0 radical (unpaired) electrons. The molecule has 1 amide bonds. The minimum atomic E-state index is -0.754. The molecule has 2 heterocycles. The van der Waals surface area contributed by atoms with E-state index in [9.17, 15) is 14.0 Å². The zero-order valence-electron chi connectivity index (χ0n) is 13.7. The second-order valence-corrected chi connectivity index (χ2v) is 6.18. The van der Waals surface area contributed by atoms with Gasteiger partial charge in [-0.1, -0.05) is 17.7 Å². The summed E-state index contributed by atoms with van der Waals surface area (Å²) in [7, 11) is 1.43. The molecule has 0 atom stereocenters. The Balaban J connectivity index is 1.94. The van der Waals surface area contributed by atoms with Gasteiger partial charge in [0.15, 0.2) is 5.69 Å². The maximum atomic E-state index is 13.4. The summed E-state index contributed by atoms with van der Waals surface area (Å²) in [5.41, 5.74) is 7.09. The molecule has 26 heavy (non-hydrogen) atoms. The highest BCUT2D eigenvalue weighted by Gasteiger charge is 2.15. The zero-order valence-corrected chi connectivity index (χ0v) is 14.5. The Bertz CT molecular complexity index is 1030. The van der Waals surface area contributed by atoms with E-state index in [1.54, 1.807) is 24.4 Å². The monoisotopic (exact) mass is 372 g/mol. The maximum Gasteiger partial charge on any atom is 0.269 e. The highest BCUT2D eigenvalue weighted by atomic mass is 35.5. The van der Waals surface area contributed by atoms with Crippen molar-refractivity contribution in [3.8, 4) is 11.3 Å². The van der Waals surface area contributed by atoms with Crippen LogP contribution in [0.3, 0.4) is 0 Å². The quantitative estimate of drug-likeness (QED) is 0.760.